The molecule has 1 aromatic carbocycles. The lowest BCUT2D eigenvalue weighted by Crippen LogP contribution is -2.06. The molecule has 1 aromatic heterocycles. The fraction of sp³-hybridized carbons (Fsp3) is 0.417. The van der Waals surface area contributed by atoms with Crippen molar-refractivity contribution < 1.29 is 4.74 Å². The number of hydrogen-bond donors (Lipinski definition) is 1. The Morgan fingerprint density at radius 3 is 2.94 bits per heavy atom. The first-order valence-electron chi connectivity index (χ1n) is 5.42. The number of ether oxygens (including phenoxy) is 1. The van der Waals surface area contributed by atoms with Gasteiger partial charge in [0.15, 0.2) is 5.13 Å². The molecule has 0 atom stereocenters. The summed E-state index contributed by atoms with van der Waals surface area (Å²) >= 11 is 5.26. The van der Waals surface area contributed by atoms with E-state index < -0.39 is 0 Å². The van der Waals surface area contributed by atoms with Crippen molar-refractivity contribution in [3.8, 4) is 0 Å². The zero-order valence-electron chi connectivity index (χ0n) is 10.1. The van der Waals surface area contributed by atoms with Gasteiger partial charge in [-0.2, -0.15) is 0 Å². The van der Waals surface area contributed by atoms with Crippen LogP contribution in [0.3, 0.4) is 0 Å². The Labute approximate surface area is 113 Å². The SMILES string of the molecule is COCCNc1nc2c(Br)cc(C)c(C)c2s1. The van der Waals surface area contributed by atoms with Crippen LogP contribution in [0, 0.1) is 13.8 Å². The van der Waals surface area contributed by atoms with Crippen molar-refractivity contribution in [3.05, 3.63) is 21.7 Å². The summed E-state index contributed by atoms with van der Waals surface area (Å²) in [4.78, 5) is 4.59. The van der Waals surface area contributed by atoms with Crippen LogP contribution in [0.1, 0.15) is 11.1 Å². The smallest absolute Gasteiger partial charge is 0.183 e. The van der Waals surface area contributed by atoms with Gasteiger partial charge in [-0.15, -0.1) is 0 Å². The maximum atomic E-state index is 5.01. The van der Waals surface area contributed by atoms with Crippen LogP contribution in [-0.2, 0) is 4.74 Å². The Hall–Kier alpha value is -0.650. The lowest BCUT2D eigenvalue weighted by Gasteiger charge is -2.01. The van der Waals surface area contributed by atoms with Gasteiger partial charge in [-0.25, -0.2) is 4.98 Å². The summed E-state index contributed by atoms with van der Waals surface area (Å²) in [6.45, 7) is 5.74. The van der Waals surface area contributed by atoms with E-state index in [1.54, 1.807) is 18.4 Å². The molecule has 0 radical (unpaired) electrons. The Kier molecular flexibility index (Phi) is 4.01. The summed E-state index contributed by atoms with van der Waals surface area (Å²) in [5.41, 5.74) is 3.63. The van der Waals surface area contributed by atoms with Crippen LogP contribution >= 0.6 is 27.3 Å². The van der Waals surface area contributed by atoms with Gasteiger partial charge in [0.05, 0.1) is 16.8 Å². The molecule has 0 fully saturated rings. The maximum Gasteiger partial charge on any atom is 0.183 e. The molecule has 0 aliphatic rings. The number of nitrogens with one attached hydrogen (secondary N) is 1. The van der Waals surface area contributed by atoms with E-state index in [4.69, 9.17) is 4.74 Å². The highest BCUT2D eigenvalue weighted by atomic mass is 79.9. The third kappa shape index (κ3) is 2.61. The summed E-state index contributed by atoms with van der Waals surface area (Å²) in [6, 6.07) is 2.12. The predicted octanol–water partition coefficient (Wildman–Crippen LogP) is 3.73. The van der Waals surface area contributed by atoms with Gasteiger partial charge in [-0.3, -0.25) is 0 Å². The zero-order chi connectivity index (χ0) is 12.4. The molecule has 0 saturated carbocycles. The molecule has 0 aliphatic carbocycles. The second-order valence-corrected chi connectivity index (χ2v) is 5.77. The van der Waals surface area contributed by atoms with Crippen molar-refractivity contribution >= 4 is 42.6 Å². The topological polar surface area (TPSA) is 34.1 Å². The summed E-state index contributed by atoms with van der Waals surface area (Å²) in [6.07, 6.45) is 0. The molecule has 0 amide bonds. The van der Waals surface area contributed by atoms with Crippen LogP contribution in [0.5, 0.6) is 0 Å². The molecule has 0 spiro atoms. The van der Waals surface area contributed by atoms with Gasteiger partial charge in [0.25, 0.3) is 0 Å². The van der Waals surface area contributed by atoms with Crippen LogP contribution < -0.4 is 5.32 Å². The number of halogens is 1. The number of aryl methyl sites for hydroxylation is 2. The molecular formula is C12H15BrN2OS. The Morgan fingerprint density at radius 1 is 1.47 bits per heavy atom. The minimum Gasteiger partial charge on any atom is -0.383 e. The minimum absolute atomic E-state index is 0.690. The number of methoxy groups -OCH3 is 1. The van der Waals surface area contributed by atoms with Crippen LogP contribution in [0.15, 0.2) is 10.5 Å². The molecule has 2 rings (SSSR count). The fourth-order valence-electron chi connectivity index (χ4n) is 1.62. The average Bonchev–Trinajstić information content (AvgIpc) is 2.71. The summed E-state index contributed by atoms with van der Waals surface area (Å²) in [7, 11) is 1.70. The molecule has 5 heteroatoms. The first-order valence-corrected chi connectivity index (χ1v) is 7.03. The summed E-state index contributed by atoms with van der Waals surface area (Å²) < 4.78 is 7.32. The van der Waals surface area contributed by atoms with E-state index in [9.17, 15) is 0 Å². The molecule has 17 heavy (non-hydrogen) atoms. The van der Waals surface area contributed by atoms with Crippen LogP contribution in [-0.4, -0.2) is 25.2 Å². The van der Waals surface area contributed by atoms with Crippen LogP contribution in [0.2, 0.25) is 0 Å². The zero-order valence-corrected chi connectivity index (χ0v) is 12.5. The van der Waals surface area contributed by atoms with E-state index in [0.717, 1.165) is 21.7 Å². The van der Waals surface area contributed by atoms with E-state index in [-0.39, 0.29) is 0 Å². The summed E-state index contributed by atoms with van der Waals surface area (Å²) in [5.74, 6) is 0. The Balaban J connectivity index is 2.36. The van der Waals surface area contributed by atoms with Crippen molar-refractivity contribution in [2.24, 2.45) is 0 Å². The molecule has 1 heterocycles. The highest BCUT2D eigenvalue weighted by molar-refractivity contribution is 9.10. The lowest BCUT2D eigenvalue weighted by atomic mass is 10.1. The number of aromatic nitrogens is 1. The third-order valence-electron chi connectivity index (χ3n) is 2.71. The number of benzene rings is 1. The van der Waals surface area contributed by atoms with Gasteiger partial charge < -0.3 is 10.1 Å². The quantitative estimate of drug-likeness (QED) is 0.873. The van der Waals surface area contributed by atoms with E-state index in [1.165, 1.54) is 15.8 Å². The molecule has 1 N–H and O–H groups in total. The number of rotatable bonds is 4. The van der Waals surface area contributed by atoms with Gasteiger partial charge in [-0.1, -0.05) is 11.3 Å². The van der Waals surface area contributed by atoms with E-state index in [2.05, 4.69) is 46.1 Å². The Bertz CT molecular complexity index is 539. The molecule has 0 aliphatic heterocycles. The van der Waals surface area contributed by atoms with Crippen molar-refractivity contribution in [1.29, 1.82) is 0 Å². The van der Waals surface area contributed by atoms with Gasteiger partial charge in [0.2, 0.25) is 0 Å². The molecule has 3 nitrogen and oxygen atoms in total. The van der Waals surface area contributed by atoms with Crippen LogP contribution in [0.4, 0.5) is 5.13 Å². The molecular weight excluding hydrogens is 300 g/mol. The van der Waals surface area contributed by atoms with E-state index in [1.807, 2.05) is 0 Å². The molecule has 0 bridgehead atoms. The molecule has 2 aromatic rings. The number of nitrogens with zero attached hydrogens (tertiary/aromatic N) is 1. The normalized spacial score (nSPS) is 11.1. The monoisotopic (exact) mass is 314 g/mol. The highest BCUT2D eigenvalue weighted by Gasteiger charge is 2.11. The largest absolute Gasteiger partial charge is 0.383 e. The van der Waals surface area contributed by atoms with Gasteiger partial charge >= 0.3 is 0 Å². The second-order valence-electron chi connectivity index (χ2n) is 3.92. The second kappa shape index (κ2) is 5.33. The van der Waals surface area contributed by atoms with E-state index >= 15 is 0 Å². The average molecular weight is 315 g/mol. The number of fused-ring (bicyclic) bond motifs is 1. The third-order valence-corrected chi connectivity index (χ3v) is 4.45. The van der Waals surface area contributed by atoms with Gasteiger partial charge in [0, 0.05) is 18.1 Å². The fourth-order valence-corrected chi connectivity index (χ4v) is 3.45. The van der Waals surface area contributed by atoms with Gasteiger partial charge in [0.1, 0.15) is 0 Å². The van der Waals surface area contributed by atoms with Gasteiger partial charge in [-0.05, 0) is 47.0 Å². The maximum absolute atomic E-state index is 5.01. The Morgan fingerprint density at radius 2 is 2.24 bits per heavy atom. The standard InChI is InChI=1S/C12H15BrN2OS/c1-7-6-9(13)10-11(8(7)2)17-12(15-10)14-4-5-16-3/h6H,4-5H2,1-3H3,(H,14,15). The summed E-state index contributed by atoms with van der Waals surface area (Å²) in [5, 5.41) is 4.22. The number of thiazole rings is 1. The molecule has 0 saturated heterocycles. The molecule has 92 valence electrons. The van der Waals surface area contributed by atoms with Crippen molar-refractivity contribution in [1.82, 2.24) is 4.98 Å². The minimum atomic E-state index is 0.690. The highest BCUT2D eigenvalue weighted by Crippen LogP contribution is 2.35. The predicted molar refractivity (Wildman–Crippen MR) is 77.2 cm³/mol. The van der Waals surface area contributed by atoms with E-state index in [0.29, 0.717) is 6.61 Å². The first-order chi connectivity index (χ1) is 8.13. The lowest BCUT2D eigenvalue weighted by molar-refractivity contribution is 0.211. The van der Waals surface area contributed by atoms with Crippen LogP contribution in [0.25, 0.3) is 10.2 Å². The number of anilines is 1. The van der Waals surface area contributed by atoms with Crippen molar-refractivity contribution in [3.63, 3.8) is 0 Å². The first kappa shape index (κ1) is 12.8. The van der Waals surface area contributed by atoms with Crippen molar-refractivity contribution in [2.45, 2.75) is 13.8 Å². The number of hydrogen-bond acceptors (Lipinski definition) is 4. The van der Waals surface area contributed by atoms with Crippen molar-refractivity contribution in [2.75, 3.05) is 25.6 Å². The molecule has 0 unspecified atom stereocenters.